The molecule has 1 aliphatic heterocycles. The molecule has 1 saturated heterocycles. The van der Waals surface area contributed by atoms with Crippen LogP contribution < -0.4 is 15.8 Å². The first kappa shape index (κ1) is 25.4. The van der Waals surface area contributed by atoms with E-state index in [4.69, 9.17) is 5.73 Å². The van der Waals surface area contributed by atoms with Gasteiger partial charge in [0.1, 0.15) is 5.69 Å². The molecule has 184 valence electrons. The Hall–Kier alpha value is -2.24. The predicted octanol–water partition coefficient (Wildman–Crippen LogP) is 2.45. The number of piperidine rings is 1. The number of carbonyl (C=O) groups is 1. The number of nitrogens with zero attached hydrogens (tertiary/aromatic N) is 2. The number of carbonyl (C=O) groups excluding carboxylic acids is 1. The molecular formula is C22H35N5O5S. The molecule has 1 amide bonds. The first-order chi connectivity index (χ1) is 15.7. The number of amides is 1. The third kappa shape index (κ3) is 7.12. The second kappa shape index (κ2) is 11.3. The summed E-state index contributed by atoms with van der Waals surface area (Å²) < 4.78 is 28.3. The molecule has 0 bridgehead atoms. The number of nitrogens with two attached hydrogens (primary N) is 1. The molecule has 2 aliphatic rings. The lowest BCUT2D eigenvalue weighted by molar-refractivity contribution is -0.384. The lowest BCUT2D eigenvalue weighted by Gasteiger charge is -2.31. The average molecular weight is 482 g/mol. The molecule has 33 heavy (non-hydrogen) atoms. The summed E-state index contributed by atoms with van der Waals surface area (Å²) in [6.07, 6.45) is 5.97. The number of nitro benzene ring substituents is 1. The van der Waals surface area contributed by atoms with Crippen molar-refractivity contribution in [1.82, 2.24) is 9.62 Å². The van der Waals surface area contributed by atoms with Crippen LogP contribution >= 0.6 is 0 Å². The molecule has 1 heterocycles. The Bertz CT molecular complexity index is 946. The van der Waals surface area contributed by atoms with Gasteiger partial charge in [-0.3, -0.25) is 14.9 Å². The Morgan fingerprint density at radius 2 is 1.97 bits per heavy atom. The highest BCUT2D eigenvalue weighted by molar-refractivity contribution is 7.89. The minimum Gasteiger partial charge on any atom is -0.379 e. The fourth-order valence-corrected chi connectivity index (χ4v) is 5.99. The van der Waals surface area contributed by atoms with Crippen LogP contribution in [0.5, 0.6) is 0 Å². The summed E-state index contributed by atoms with van der Waals surface area (Å²) in [4.78, 5) is 24.5. The second-order valence-electron chi connectivity index (χ2n) is 9.34. The number of hydrogen-bond acceptors (Lipinski definition) is 7. The standard InChI is InChI=1S/C22H35N5O5S/c1-16-5-7-18(8-6-16)25-33(31,32)19-9-10-20(21(14-19)27(29)30)24-11-3-13-26-12-2-4-17(15-26)22(23)28/h9-10,14,16-18,24-25H,2-8,11-13,15H2,1H3,(H2,23,28)/t16?,17-,18?/m0/s1. The largest absolute Gasteiger partial charge is 0.379 e. The highest BCUT2D eigenvalue weighted by Crippen LogP contribution is 2.29. The number of anilines is 1. The van der Waals surface area contributed by atoms with E-state index in [0.29, 0.717) is 24.7 Å². The van der Waals surface area contributed by atoms with E-state index in [0.717, 1.165) is 64.1 Å². The molecule has 0 spiro atoms. The van der Waals surface area contributed by atoms with Crippen molar-refractivity contribution in [3.8, 4) is 0 Å². The molecule has 1 atom stereocenters. The van der Waals surface area contributed by atoms with Crippen LogP contribution in [0.4, 0.5) is 11.4 Å². The number of primary amides is 1. The number of nitro groups is 1. The minimum atomic E-state index is -3.83. The molecule has 4 N–H and O–H groups in total. The van der Waals surface area contributed by atoms with E-state index in [2.05, 4.69) is 21.9 Å². The lowest BCUT2D eigenvalue weighted by atomic mass is 9.88. The second-order valence-corrected chi connectivity index (χ2v) is 11.1. The minimum absolute atomic E-state index is 0.0933. The van der Waals surface area contributed by atoms with Crippen molar-refractivity contribution in [3.63, 3.8) is 0 Å². The molecule has 1 aliphatic carbocycles. The van der Waals surface area contributed by atoms with Crippen molar-refractivity contribution in [2.75, 3.05) is 31.5 Å². The highest BCUT2D eigenvalue weighted by Gasteiger charge is 2.27. The Morgan fingerprint density at radius 1 is 1.24 bits per heavy atom. The summed E-state index contributed by atoms with van der Waals surface area (Å²) in [5.74, 6) is 0.209. The topological polar surface area (TPSA) is 148 Å². The van der Waals surface area contributed by atoms with E-state index in [-0.39, 0.29) is 28.4 Å². The van der Waals surface area contributed by atoms with Crippen LogP contribution in [0.1, 0.15) is 51.9 Å². The summed E-state index contributed by atoms with van der Waals surface area (Å²) in [6.45, 7) is 4.95. The van der Waals surface area contributed by atoms with Crippen molar-refractivity contribution >= 4 is 27.3 Å². The van der Waals surface area contributed by atoms with E-state index in [1.807, 2.05) is 0 Å². The van der Waals surface area contributed by atoms with E-state index in [9.17, 15) is 23.3 Å². The summed E-state index contributed by atoms with van der Waals surface area (Å²) >= 11 is 0. The maximum atomic E-state index is 12.8. The van der Waals surface area contributed by atoms with Crippen LogP contribution in [0.25, 0.3) is 0 Å². The summed E-state index contributed by atoms with van der Waals surface area (Å²) in [5.41, 5.74) is 5.45. The number of nitrogens with one attached hydrogen (secondary N) is 2. The number of sulfonamides is 1. The monoisotopic (exact) mass is 481 g/mol. The molecule has 1 aromatic carbocycles. The van der Waals surface area contributed by atoms with Crippen LogP contribution in [-0.4, -0.2) is 56.4 Å². The van der Waals surface area contributed by atoms with Gasteiger partial charge in [0.15, 0.2) is 0 Å². The zero-order valence-corrected chi connectivity index (χ0v) is 20.0. The van der Waals surface area contributed by atoms with Crippen molar-refractivity contribution in [1.29, 1.82) is 0 Å². The summed E-state index contributed by atoms with van der Waals surface area (Å²) in [6, 6.07) is 3.86. The normalized spacial score (nSPS) is 24.3. The van der Waals surface area contributed by atoms with Crippen LogP contribution in [0.15, 0.2) is 23.1 Å². The maximum absolute atomic E-state index is 12.8. The molecule has 0 aromatic heterocycles. The van der Waals surface area contributed by atoms with Gasteiger partial charge in [0.05, 0.1) is 15.7 Å². The van der Waals surface area contributed by atoms with Gasteiger partial charge in [-0.2, -0.15) is 0 Å². The van der Waals surface area contributed by atoms with Gasteiger partial charge in [0.2, 0.25) is 15.9 Å². The van der Waals surface area contributed by atoms with Crippen molar-refractivity contribution in [2.24, 2.45) is 17.6 Å². The first-order valence-corrected chi connectivity index (χ1v) is 13.2. The van der Waals surface area contributed by atoms with Crippen LogP contribution in [0.3, 0.4) is 0 Å². The molecule has 11 heteroatoms. The zero-order valence-electron chi connectivity index (χ0n) is 19.2. The number of benzene rings is 1. The number of likely N-dealkylation sites (tertiary alicyclic amines) is 1. The van der Waals surface area contributed by atoms with Gasteiger partial charge in [0, 0.05) is 25.2 Å². The van der Waals surface area contributed by atoms with E-state index in [1.54, 1.807) is 0 Å². The predicted molar refractivity (Wildman–Crippen MR) is 126 cm³/mol. The Balaban J connectivity index is 1.57. The van der Waals surface area contributed by atoms with Gasteiger partial charge in [-0.1, -0.05) is 6.92 Å². The molecule has 10 nitrogen and oxygen atoms in total. The van der Waals surface area contributed by atoms with E-state index < -0.39 is 14.9 Å². The third-order valence-corrected chi connectivity index (χ3v) is 8.21. The molecule has 3 rings (SSSR count). The Kier molecular flexibility index (Phi) is 8.66. The molecule has 2 fully saturated rings. The lowest BCUT2D eigenvalue weighted by Crippen LogP contribution is -2.41. The smallest absolute Gasteiger partial charge is 0.293 e. The first-order valence-electron chi connectivity index (χ1n) is 11.7. The van der Waals surface area contributed by atoms with Gasteiger partial charge < -0.3 is 16.0 Å². The van der Waals surface area contributed by atoms with Gasteiger partial charge in [0.25, 0.3) is 5.69 Å². The quantitative estimate of drug-likeness (QED) is 0.264. The Labute approximate surface area is 195 Å². The van der Waals surface area contributed by atoms with Crippen molar-refractivity contribution < 1.29 is 18.1 Å². The number of rotatable bonds is 10. The van der Waals surface area contributed by atoms with Crippen LogP contribution in [0.2, 0.25) is 0 Å². The van der Waals surface area contributed by atoms with E-state index >= 15 is 0 Å². The van der Waals surface area contributed by atoms with Gasteiger partial charge in [-0.15, -0.1) is 0 Å². The molecule has 1 saturated carbocycles. The van der Waals surface area contributed by atoms with Gasteiger partial charge >= 0.3 is 0 Å². The molecule has 1 aromatic rings. The summed E-state index contributed by atoms with van der Waals surface area (Å²) in [5, 5.41) is 14.7. The van der Waals surface area contributed by atoms with Crippen molar-refractivity contribution in [2.45, 2.75) is 62.8 Å². The third-order valence-electron chi connectivity index (χ3n) is 6.69. The molecular weight excluding hydrogens is 446 g/mol. The average Bonchev–Trinajstić information content (AvgIpc) is 2.78. The van der Waals surface area contributed by atoms with Crippen LogP contribution in [-0.2, 0) is 14.8 Å². The zero-order chi connectivity index (χ0) is 24.0. The highest BCUT2D eigenvalue weighted by atomic mass is 32.2. The summed E-state index contributed by atoms with van der Waals surface area (Å²) in [7, 11) is -3.83. The fraction of sp³-hybridized carbons (Fsp3) is 0.682. The Morgan fingerprint density at radius 3 is 2.64 bits per heavy atom. The molecule has 0 radical (unpaired) electrons. The fourth-order valence-electron chi connectivity index (χ4n) is 4.66. The molecule has 0 unspecified atom stereocenters. The van der Waals surface area contributed by atoms with Crippen LogP contribution in [0, 0.1) is 22.0 Å². The van der Waals surface area contributed by atoms with Gasteiger partial charge in [-0.05, 0) is 76.1 Å². The van der Waals surface area contributed by atoms with Crippen molar-refractivity contribution in [3.05, 3.63) is 28.3 Å². The van der Waals surface area contributed by atoms with E-state index in [1.165, 1.54) is 12.1 Å². The van der Waals surface area contributed by atoms with Gasteiger partial charge in [-0.25, -0.2) is 13.1 Å². The number of hydrogen-bond donors (Lipinski definition) is 3. The maximum Gasteiger partial charge on any atom is 0.293 e. The SMILES string of the molecule is CC1CCC(NS(=O)(=O)c2ccc(NCCCN3CCC[C@H](C(N)=O)C3)c([N+](=O)[O-])c2)CC1.